The number of halogens is 1. The minimum atomic E-state index is -1.01. The SMILES string of the molecule is CC1OCCC1(O)CNC(=O)c1ccoc1Cl. The monoisotopic (exact) mass is 259 g/mol. The largest absolute Gasteiger partial charge is 0.452 e. The number of hydrogen-bond donors (Lipinski definition) is 2. The van der Waals surface area contributed by atoms with Crippen molar-refractivity contribution in [3.63, 3.8) is 0 Å². The molecule has 0 saturated carbocycles. The zero-order chi connectivity index (χ0) is 12.5. The van der Waals surface area contributed by atoms with Crippen molar-refractivity contribution in [2.45, 2.75) is 25.0 Å². The molecule has 17 heavy (non-hydrogen) atoms. The van der Waals surface area contributed by atoms with E-state index in [1.54, 1.807) is 6.92 Å². The molecule has 2 heterocycles. The Hall–Kier alpha value is -1.04. The smallest absolute Gasteiger partial charge is 0.256 e. The van der Waals surface area contributed by atoms with E-state index in [0.717, 1.165) is 0 Å². The number of carbonyl (C=O) groups excluding carboxylic acids is 1. The molecule has 1 aliphatic rings. The summed E-state index contributed by atoms with van der Waals surface area (Å²) in [7, 11) is 0. The van der Waals surface area contributed by atoms with Gasteiger partial charge >= 0.3 is 0 Å². The van der Waals surface area contributed by atoms with Crippen molar-refractivity contribution in [2.24, 2.45) is 0 Å². The summed E-state index contributed by atoms with van der Waals surface area (Å²) in [6.45, 7) is 2.42. The standard InChI is InChI=1S/C11H14ClNO4/c1-7-11(15,3-5-16-7)6-13-10(14)8-2-4-17-9(8)12/h2,4,7,15H,3,5-6H2,1H3,(H,13,14). The molecule has 5 nitrogen and oxygen atoms in total. The molecule has 0 spiro atoms. The van der Waals surface area contributed by atoms with Crippen LogP contribution in [-0.4, -0.2) is 35.9 Å². The van der Waals surface area contributed by atoms with E-state index in [1.165, 1.54) is 12.3 Å². The molecule has 94 valence electrons. The number of rotatable bonds is 3. The van der Waals surface area contributed by atoms with Crippen LogP contribution in [-0.2, 0) is 4.74 Å². The molecule has 0 aliphatic carbocycles. The van der Waals surface area contributed by atoms with Gasteiger partial charge in [-0.2, -0.15) is 0 Å². The lowest BCUT2D eigenvalue weighted by Crippen LogP contribution is -2.47. The van der Waals surface area contributed by atoms with E-state index < -0.39 is 5.60 Å². The lowest BCUT2D eigenvalue weighted by Gasteiger charge is -2.25. The van der Waals surface area contributed by atoms with Crippen molar-refractivity contribution in [2.75, 3.05) is 13.2 Å². The second kappa shape index (κ2) is 4.68. The summed E-state index contributed by atoms with van der Waals surface area (Å²) in [6.07, 6.45) is 1.56. The average molecular weight is 260 g/mol. The molecule has 1 fully saturated rings. The molecule has 1 aromatic rings. The van der Waals surface area contributed by atoms with Crippen LogP contribution in [0.3, 0.4) is 0 Å². The number of carbonyl (C=O) groups is 1. The van der Waals surface area contributed by atoms with Crippen LogP contribution in [0.4, 0.5) is 0 Å². The zero-order valence-electron chi connectivity index (χ0n) is 9.40. The Bertz CT molecular complexity index is 419. The predicted octanol–water partition coefficient (Wildman–Crippen LogP) is 1.20. The van der Waals surface area contributed by atoms with Gasteiger partial charge in [-0.3, -0.25) is 4.79 Å². The van der Waals surface area contributed by atoms with Crippen molar-refractivity contribution >= 4 is 17.5 Å². The predicted molar refractivity (Wildman–Crippen MR) is 61.0 cm³/mol. The van der Waals surface area contributed by atoms with Gasteiger partial charge in [0.2, 0.25) is 5.22 Å². The van der Waals surface area contributed by atoms with Crippen molar-refractivity contribution in [3.8, 4) is 0 Å². The number of nitrogens with one attached hydrogen (secondary N) is 1. The molecule has 0 aromatic carbocycles. The summed E-state index contributed by atoms with van der Waals surface area (Å²) >= 11 is 5.68. The number of aliphatic hydroxyl groups is 1. The summed E-state index contributed by atoms with van der Waals surface area (Å²) in [4.78, 5) is 11.7. The first-order chi connectivity index (χ1) is 8.03. The average Bonchev–Trinajstić information content (AvgIpc) is 2.84. The fourth-order valence-electron chi connectivity index (χ4n) is 1.79. The van der Waals surface area contributed by atoms with Crippen LogP contribution in [0, 0.1) is 0 Å². The first-order valence-electron chi connectivity index (χ1n) is 5.38. The summed E-state index contributed by atoms with van der Waals surface area (Å²) in [5, 5.41) is 12.9. The van der Waals surface area contributed by atoms with Crippen LogP contribution in [0.5, 0.6) is 0 Å². The van der Waals surface area contributed by atoms with Gasteiger partial charge in [0.05, 0.1) is 17.9 Å². The van der Waals surface area contributed by atoms with Crippen LogP contribution in [0.25, 0.3) is 0 Å². The molecule has 1 saturated heterocycles. The van der Waals surface area contributed by atoms with Crippen LogP contribution < -0.4 is 5.32 Å². The van der Waals surface area contributed by atoms with Crippen molar-refractivity contribution in [1.29, 1.82) is 0 Å². The summed E-state index contributed by atoms with van der Waals surface area (Å²) < 4.78 is 10.1. The molecule has 2 N–H and O–H groups in total. The second-order valence-electron chi connectivity index (χ2n) is 4.16. The van der Waals surface area contributed by atoms with Crippen LogP contribution in [0.1, 0.15) is 23.7 Å². The van der Waals surface area contributed by atoms with Crippen LogP contribution in [0.15, 0.2) is 16.7 Å². The van der Waals surface area contributed by atoms with Gasteiger partial charge in [0.1, 0.15) is 5.60 Å². The first-order valence-corrected chi connectivity index (χ1v) is 5.76. The molecule has 1 aliphatic heterocycles. The third-order valence-corrected chi connectivity index (χ3v) is 3.37. The minimum Gasteiger partial charge on any atom is -0.452 e. The van der Waals surface area contributed by atoms with Gasteiger partial charge in [-0.05, 0) is 24.6 Å². The number of ether oxygens (including phenoxy) is 1. The molecule has 1 amide bonds. The third-order valence-electron chi connectivity index (χ3n) is 3.08. The number of amides is 1. The Morgan fingerprint density at radius 1 is 1.76 bits per heavy atom. The highest BCUT2D eigenvalue weighted by atomic mass is 35.5. The zero-order valence-corrected chi connectivity index (χ0v) is 10.2. The van der Waals surface area contributed by atoms with Crippen LogP contribution in [0.2, 0.25) is 5.22 Å². The Labute approximate surface area is 104 Å². The van der Waals surface area contributed by atoms with E-state index in [0.29, 0.717) is 13.0 Å². The first kappa shape index (κ1) is 12.4. The fraction of sp³-hybridized carbons (Fsp3) is 0.545. The van der Waals surface area contributed by atoms with E-state index in [4.69, 9.17) is 20.8 Å². The Morgan fingerprint density at radius 3 is 3.06 bits per heavy atom. The highest BCUT2D eigenvalue weighted by molar-refractivity contribution is 6.32. The van der Waals surface area contributed by atoms with E-state index in [1.807, 2.05) is 0 Å². The topological polar surface area (TPSA) is 71.7 Å². The quantitative estimate of drug-likeness (QED) is 0.856. The highest BCUT2D eigenvalue weighted by Gasteiger charge is 2.39. The summed E-state index contributed by atoms with van der Waals surface area (Å²) in [5.41, 5.74) is -0.742. The minimum absolute atomic E-state index is 0.0465. The van der Waals surface area contributed by atoms with Gasteiger partial charge in [-0.15, -0.1) is 0 Å². The normalized spacial score (nSPS) is 28.3. The molecule has 0 bridgehead atoms. The molecule has 1 aromatic heterocycles. The summed E-state index contributed by atoms with van der Waals surface area (Å²) in [5.74, 6) is -0.365. The van der Waals surface area contributed by atoms with Crippen molar-refractivity contribution in [3.05, 3.63) is 23.1 Å². The van der Waals surface area contributed by atoms with Gasteiger partial charge in [0.15, 0.2) is 0 Å². The number of hydrogen-bond acceptors (Lipinski definition) is 4. The van der Waals surface area contributed by atoms with Gasteiger partial charge in [0, 0.05) is 19.6 Å². The molecule has 0 radical (unpaired) electrons. The number of furan rings is 1. The van der Waals surface area contributed by atoms with Gasteiger partial charge in [0.25, 0.3) is 5.91 Å². The molecular weight excluding hydrogens is 246 g/mol. The third kappa shape index (κ3) is 2.46. The second-order valence-corrected chi connectivity index (χ2v) is 4.50. The Morgan fingerprint density at radius 2 is 2.53 bits per heavy atom. The van der Waals surface area contributed by atoms with Crippen molar-refractivity contribution in [1.82, 2.24) is 5.32 Å². The maximum absolute atomic E-state index is 11.7. The Kier molecular flexibility index (Phi) is 3.42. The van der Waals surface area contributed by atoms with E-state index in [9.17, 15) is 9.90 Å². The fourth-order valence-corrected chi connectivity index (χ4v) is 1.99. The van der Waals surface area contributed by atoms with Gasteiger partial charge in [-0.25, -0.2) is 0 Å². The van der Waals surface area contributed by atoms with Gasteiger partial charge < -0.3 is 19.6 Å². The van der Waals surface area contributed by atoms with Crippen molar-refractivity contribution < 1.29 is 19.1 Å². The highest BCUT2D eigenvalue weighted by Crippen LogP contribution is 2.25. The van der Waals surface area contributed by atoms with Gasteiger partial charge in [-0.1, -0.05) is 0 Å². The van der Waals surface area contributed by atoms with E-state index in [-0.39, 0.29) is 29.3 Å². The Balaban J connectivity index is 1.95. The molecule has 2 atom stereocenters. The molecular formula is C11H14ClNO4. The molecule has 6 heteroatoms. The maximum atomic E-state index is 11.7. The maximum Gasteiger partial charge on any atom is 0.256 e. The van der Waals surface area contributed by atoms with Crippen LogP contribution >= 0.6 is 11.6 Å². The molecule has 2 rings (SSSR count). The molecule has 2 unspecified atom stereocenters. The van der Waals surface area contributed by atoms with E-state index in [2.05, 4.69) is 5.32 Å². The lowest BCUT2D eigenvalue weighted by molar-refractivity contribution is -0.0251. The summed E-state index contributed by atoms with van der Waals surface area (Å²) in [6, 6.07) is 1.48. The lowest BCUT2D eigenvalue weighted by atomic mass is 9.96. The van der Waals surface area contributed by atoms with E-state index >= 15 is 0 Å².